The van der Waals surface area contributed by atoms with Crippen LogP contribution in [0.4, 0.5) is 13.2 Å². The third-order valence-electron chi connectivity index (χ3n) is 2.94. The molecule has 1 heterocycles. The van der Waals surface area contributed by atoms with Gasteiger partial charge in [0.1, 0.15) is 0 Å². The van der Waals surface area contributed by atoms with Gasteiger partial charge in [-0.25, -0.2) is 8.42 Å². The minimum Gasteiger partial charge on any atom is -0.314 e. The number of sulfonamides is 1. The number of hydrogen-bond acceptors (Lipinski definition) is 3. The lowest BCUT2D eigenvalue weighted by Crippen LogP contribution is -2.46. The SMILES string of the molecule is Cl.O=S(=O)(c1ccc(Cl)cc1C(F)(F)F)N1CCNCC1. The monoisotopic (exact) mass is 364 g/mol. The molecule has 0 saturated carbocycles. The number of benzene rings is 1. The first-order valence-electron chi connectivity index (χ1n) is 5.80. The van der Waals surface area contributed by atoms with Gasteiger partial charge in [-0.1, -0.05) is 11.6 Å². The summed E-state index contributed by atoms with van der Waals surface area (Å²) in [4.78, 5) is -0.753. The molecule has 1 aliphatic heterocycles. The summed E-state index contributed by atoms with van der Waals surface area (Å²) >= 11 is 5.54. The Morgan fingerprint density at radius 1 is 1.19 bits per heavy atom. The number of nitrogens with one attached hydrogen (secondary N) is 1. The summed E-state index contributed by atoms with van der Waals surface area (Å²) in [7, 11) is -4.18. The van der Waals surface area contributed by atoms with Crippen molar-refractivity contribution in [3.8, 4) is 0 Å². The molecule has 1 fully saturated rings. The van der Waals surface area contributed by atoms with Gasteiger partial charge in [0, 0.05) is 31.2 Å². The highest BCUT2D eigenvalue weighted by Gasteiger charge is 2.39. The Balaban J connectivity index is 0.00000220. The zero-order chi connectivity index (χ0) is 15.0. The molecule has 0 aromatic heterocycles. The summed E-state index contributed by atoms with van der Waals surface area (Å²) in [6.07, 6.45) is -4.78. The van der Waals surface area contributed by atoms with Gasteiger partial charge in [0.25, 0.3) is 0 Å². The average molecular weight is 365 g/mol. The lowest BCUT2D eigenvalue weighted by molar-refractivity contribution is -0.139. The number of nitrogens with zero attached hydrogens (tertiary/aromatic N) is 1. The summed E-state index contributed by atoms with van der Waals surface area (Å²) in [6.45, 7) is 1.10. The maximum absolute atomic E-state index is 13.0. The van der Waals surface area contributed by atoms with Crippen LogP contribution < -0.4 is 5.32 Å². The van der Waals surface area contributed by atoms with E-state index in [1.54, 1.807) is 0 Å². The summed E-state index contributed by atoms with van der Waals surface area (Å²) in [6, 6.07) is 2.69. The lowest BCUT2D eigenvalue weighted by Gasteiger charge is -2.27. The van der Waals surface area contributed by atoms with Crippen molar-refractivity contribution in [3.63, 3.8) is 0 Å². The van der Waals surface area contributed by atoms with E-state index in [0.29, 0.717) is 19.2 Å². The van der Waals surface area contributed by atoms with Crippen molar-refractivity contribution < 1.29 is 21.6 Å². The minimum absolute atomic E-state index is 0. The van der Waals surface area contributed by atoms with Gasteiger partial charge in [-0.05, 0) is 18.2 Å². The first kappa shape index (κ1) is 18.5. The van der Waals surface area contributed by atoms with Crippen molar-refractivity contribution in [2.45, 2.75) is 11.1 Å². The fraction of sp³-hybridized carbons (Fsp3) is 0.455. The van der Waals surface area contributed by atoms with Crippen LogP contribution in [-0.4, -0.2) is 38.9 Å². The van der Waals surface area contributed by atoms with Crippen LogP contribution in [0.15, 0.2) is 23.1 Å². The maximum Gasteiger partial charge on any atom is 0.417 e. The molecule has 0 atom stereocenters. The van der Waals surface area contributed by atoms with E-state index in [9.17, 15) is 21.6 Å². The highest BCUT2D eigenvalue weighted by Crippen LogP contribution is 2.36. The predicted molar refractivity (Wildman–Crippen MR) is 75.3 cm³/mol. The Bertz CT molecular complexity index is 602. The molecule has 0 spiro atoms. The smallest absolute Gasteiger partial charge is 0.314 e. The first-order valence-corrected chi connectivity index (χ1v) is 7.62. The molecule has 21 heavy (non-hydrogen) atoms. The van der Waals surface area contributed by atoms with Gasteiger partial charge in [-0.2, -0.15) is 17.5 Å². The summed E-state index contributed by atoms with van der Waals surface area (Å²) in [5.41, 5.74) is -1.23. The summed E-state index contributed by atoms with van der Waals surface area (Å²) < 4.78 is 64.6. The molecule has 1 aromatic carbocycles. The van der Waals surface area contributed by atoms with E-state index >= 15 is 0 Å². The number of alkyl halides is 3. The maximum atomic E-state index is 13.0. The predicted octanol–water partition coefficient (Wildman–Crippen LogP) is 2.37. The molecule has 0 unspecified atom stereocenters. The largest absolute Gasteiger partial charge is 0.417 e. The Morgan fingerprint density at radius 2 is 1.76 bits per heavy atom. The van der Waals surface area contributed by atoms with Crippen LogP contribution in [0.3, 0.4) is 0 Å². The van der Waals surface area contributed by atoms with Crippen molar-refractivity contribution in [1.82, 2.24) is 9.62 Å². The molecule has 0 bridgehead atoms. The van der Waals surface area contributed by atoms with E-state index < -0.39 is 26.7 Å². The fourth-order valence-corrected chi connectivity index (χ4v) is 3.78. The van der Waals surface area contributed by atoms with E-state index in [2.05, 4.69) is 5.32 Å². The topological polar surface area (TPSA) is 49.4 Å². The van der Waals surface area contributed by atoms with E-state index in [0.717, 1.165) is 16.4 Å². The van der Waals surface area contributed by atoms with E-state index in [1.165, 1.54) is 0 Å². The van der Waals surface area contributed by atoms with Crippen LogP contribution >= 0.6 is 24.0 Å². The molecule has 4 nitrogen and oxygen atoms in total. The zero-order valence-corrected chi connectivity index (χ0v) is 13.0. The molecule has 1 aromatic rings. The number of halogens is 5. The second-order valence-corrected chi connectivity index (χ2v) is 6.64. The van der Waals surface area contributed by atoms with Gasteiger partial charge in [-0.3, -0.25) is 0 Å². The highest BCUT2D eigenvalue weighted by molar-refractivity contribution is 7.89. The molecular weight excluding hydrogens is 352 g/mol. The Hall–Kier alpha value is -0.540. The molecule has 2 rings (SSSR count). The van der Waals surface area contributed by atoms with Crippen molar-refractivity contribution in [1.29, 1.82) is 0 Å². The van der Waals surface area contributed by atoms with Gasteiger partial charge in [0.15, 0.2) is 0 Å². The molecular formula is C11H13Cl2F3N2O2S. The normalized spacial score (nSPS) is 17.3. The average Bonchev–Trinajstić information content (AvgIpc) is 2.38. The number of hydrogen-bond donors (Lipinski definition) is 1. The third-order valence-corrected chi connectivity index (χ3v) is 5.13. The zero-order valence-electron chi connectivity index (χ0n) is 10.7. The number of rotatable bonds is 2. The van der Waals surface area contributed by atoms with Gasteiger partial charge in [0.05, 0.1) is 10.5 Å². The van der Waals surface area contributed by atoms with Crippen LogP contribution in [0.5, 0.6) is 0 Å². The summed E-state index contributed by atoms with van der Waals surface area (Å²) in [5.74, 6) is 0. The van der Waals surface area contributed by atoms with Crippen molar-refractivity contribution in [2.24, 2.45) is 0 Å². The van der Waals surface area contributed by atoms with E-state index in [4.69, 9.17) is 11.6 Å². The molecule has 0 aliphatic carbocycles. The fourth-order valence-electron chi connectivity index (χ4n) is 1.97. The second-order valence-electron chi connectivity index (χ2n) is 4.29. The van der Waals surface area contributed by atoms with Crippen LogP contribution in [0.1, 0.15) is 5.56 Å². The van der Waals surface area contributed by atoms with Crippen LogP contribution in [-0.2, 0) is 16.2 Å². The Morgan fingerprint density at radius 3 is 2.29 bits per heavy atom. The Kier molecular flexibility index (Phi) is 5.91. The van der Waals surface area contributed by atoms with Gasteiger partial charge in [-0.15, -0.1) is 12.4 Å². The first-order chi connectivity index (χ1) is 9.23. The molecule has 1 saturated heterocycles. The number of piperazine rings is 1. The van der Waals surface area contributed by atoms with Crippen molar-refractivity contribution >= 4 is 34.0 Å². The molecule has 1 aliphatic rings. The summed E-state index contributed by atoms with van der Waals surface area (Å²) in [5, 5.41) is 2.79. The van der Waals surface area contributed by atoms with E-state index in [-0.39, 0.29) is 30.5 Å². The second kappa shape index (κ2) is 6.70. The van der Waals surface area contributed by atoms with Gasteiger partial charge < -0.3 is 5.32 Å². The van der Waals surface area contributed by atoms with E-state index in [1.807, 2.05) is 0 Å². The minimum atomic E-state index is -4.78. The van der Waals surface area contributed by atoms with Crippen molar-refractivity contribution in [3.05, 3.63) is 28.8 Å². The van der Waals surface area contributed by atoms with Gasteiger partial charge >= 0.3 is 6.18 Å². The molecule has 120 valence electrons. The molecule has 10 heteroatoms. The third kappa shape index (κ3) is 4.01. The quantitative estimate of drug-likeness (QED) is 0.876. The van der Waals surface area contributed by atoms with Crippen LogP contribution in [0.25, 0.3) is 0 Å². The van der Waals surface area contributed by atoms with Gasteiger partial charge in [0.2, 0.25) is 10.0 Å². The van der Waals surface area contributed by atoms with Crippen LogP contribution in [0, 0.1) is 0 Å². The molecule has 0 radical (unpaired) electrons. The Labute approximate surface area is 131 Å². The molecule has 1 N–H and O–H groups in total. The molecule has 0 amide bonds. The van der Waals surface area contributed by atoms with Crippen molar-refractivity contribution in [2.75, 3.05) is 26.2 Å². The standard InChI is InChI=1S/C11H12ClF3N2O2S.ClH/c12-8-1-2-10(9(7-8)11(13,14)15)20(18,19)17-5-3-16-4-6-17;/h1-2,7,16H,3-6H2;1H. The lowest BCUT2D eigenvalue weighted by atomic mass is 10.2. The van der Waals surface area contributed by atoms with Crippen LogP contribution in [0.2, 0.25) is 5.02 Å². The highest BCUT2D eigenvalue weighted by atomic mass is 35.5.